The maximum Gasteiger partial charge on any atom is 0.512 e. The van der Waals surface area contributed by atoms with Gasteiger partial charge in [0.15, 0.2) is 0 Å². The topological polar surface area (TPSA) is 0 Å². The zero-order valence-corrected chi connectivity index (χ0v) is 6.76. The van der Waals surface area contributed by atoms with Crippen molar-refractivity contribution in [1.82, 2.24) is 0 Å². The van der Waals surface area contributed by atoms with E-state index in [2.05, 4.69) is 0 Å². The molecule has 0 bridgehead atoms. The lowest BCUT2D eigenvalue weighted by Crippen LogP contribution is -2.37. The Balaban J connectivity index is 3.35. The van der Waals surface area contributed by atoms with Gasteiger partial charge in [0, 0.05) is 0 Å². The highest BCUT2D eigenvalue weighted by atomic mass is 35.5. The second-order valence-corrected chi connectivity index (χ2v) is 2.72. The van der Waals surface area contributed by atoms with Gasteiger partial charge in [-0.25, -0.2) is 8.78 Å². The lowest BCUT2D eigenvalue weighted by Gasteiger charge is -2.16. The molecule has 0 saturated carbocycles. The van der Waals surface area contributed by atoms with Gasteiger partial charge >= 0.3 is 6.98 Å². The van der Waals surface area contributed by atoms with Crippen molar-refractivity contribution in [3.8, 4) is 0 Å². The maximum absolute atomic E-state index is 12.7. The summed E-state index contributed by atoms with van der Waals surface area (Å²) in [6.45, 7) is -5.49. The van der Waals surface area contributed by atoms with Crippen LogP contribution in [0, 0.1) is 11.6 Å². The first kappa shape index (κ1) is 10.3. The summed E-state index contributed by atoms with van der Waals surface area (Å²) in [5.41, 5.74) is -1.51. The molecule has 0 aromatic heterocycles. The van der Waals surface area contributed by atoms with Gasteiger partial charge in [0.2, 0.25) is 0 Å². The van der Waals surface area contributed by atoms with E-state index in [1.165, 1.54) is 0 Å². The molecule has 0 aliphatic rings. The smallest absolute Gasteiger partial charge is 0.445 e. The van der Waals surface area contributed by atoms with Gasteiger partial charge in [-0.05, 0) is 6.07 Å². The third kappa shape index (κ3) is 1.93. The summed E-state index contributed by atoms with van der Waals surface area (Å²) in [6.07, 6.45) is 0. The number of rotatable bonds is 1. The van der Waals surface area contributed by atoms with E-state index in [0.29, 0.717) is 12.1 Å². The SMILES string of the molecule is Fc1ccc([B-](F)(F)F)c(F)c1Cl. The van der Waals surface area contributed by atoms with Crippen LogP contribution in [-0.2, 0) is 0 Å². The van der Waals surface area contributed by atoms with Crippen LogP contribution in [0.4, 0.5) is 21.7 Å². The van der Waals surface area contributed by atoms with Gasteiger partial charge in [0.05, 0.1) is 0 Å². The first-order valence-electron chi connectivity index (χ1n) is 3.17. The van der Waals surface area contributed by atoms with Gasteiger partial charge < -0.3 is 12.9 Å². The maximum atomic E-state index is 12.7. The third-order valence-electron chi connectivity index (χ3n) is 1.42. The van der Waals surface area contributed by atoms with E-state index in [4.69, 9.17) is 11.6 Å². The van der Waals surface area contributed by atoms with Crippen molar-refractivity contribution in [2.45, 2.75) is 0 Å². The van der Waals surface area contributed by atoms with Crippen molar-refractivity contribution in [2.75, 3.05) is 0 Å². The summed E-state index contributed by atoms with van der Waals surface area (Å²) in [5, 5.41) is -1.13. The summed E-state index contributed by atoms with van der Waals surface area (Å²) in [6, 6.07) is 0.812. The summed E-state index contributed by atoms with van der Waals surface area (Å²) in [4.78, 5) is 0. The lowest BCUT2D eigenvalue weighted by atomic mass is 9.80. The fourth-order valence-corrected chi connectivity index (χ4v) is 0.966. The average Bonchev–Trinajstić information content (AvgIpc) is 1.98. The van der Waals surface area contributed by atoms with Crippen molar-refractivity contribution in [1.29, 1.82) is 0 Å². The normalized spacial score (nSPS) is 11.8. The number of benzene rings is 1. The van der Waals surface area contributed by atoms with Crippen molar-refractivity contribution in [3.05, 3.63) is 28.8 Å². The second kappa shape index (κ2) is 3.18. The molecule has 0 amide bonds. The Morgan fingerprint density at radius 3 is 2.08 bits per heavy atom. The Kier molecular flexibility index (Phi) is 2.52. The predicted octanol–water partition coefficient (Wildman–Crippen LogP) is 2.67. The highest BCUT2D eigenvalue weighted by Crippen LogP contribution is 2.20. The van der Waals surface area contributed by atoms with E-state index < -0.39 is 29.1 Å². The first-order chi connectivity index (χ1) is 5.84. The molecule has 0 atom stereocenters. The zero-order valence-electron chi connectivity index (χ0n) is 6.00. The Labute approximate surface area is 75.4 Å². The highest BCUT2D eigenvalue weighted by molar-refractivity contribution is 6.73. The van der Waals surface area contributed by atoms with Crippen LogP contribution in [0.25, 0.3) is 0 Å². The van der Waals surface area contributed by atoms with Crippen LogP contribution in [0.3, 0.4) is 0 Å². The van der Waals surface area contributed by atoms with E-state index in [0.717, 1.165) is 0 Å². The Hall–Kier alpha value is -0.775. The molecule has 0 saturated heterocycles. The molecular weight excluding hydrogens is 213 g/mol. The van der Waals surface area contributed by atoms with E-state index >= 15 is 0 Å². The molecule has 1 aromatic carbocycles. The third-order valence-corrected chi connectivity index (χ3v) is 1.76. The molecule has 1 aromatic rings. The molecule has 0 spiro atoms. The minimum absolute atomic E-state index is 0.330. The Bertz CT molecular complexity index is 335. The standard InChI is InChI=1S/C6H2BClF5/c8-5-4(9)2-1-3(6(5)10)7(11,12)13/h1-2H/q-1. The minimum atomic E-state index is -5.49. The van der Waals surface area contributed by atoms with E-state index in [1.54, 1.807) is 0 Å². The monoisotopic (exact) mass is 215 g/mol. The lowest BCUT2D eigenvalue weighted by molar-refractivity contribution is 0.493. The van der Waals surface area contributed by atoms with Gasteiger partial charge in [-0.3, -0.25) is 0 Å². The summed E-state index contributed by atoms with van der Waals surface area (Å²) in [5.74, 6) is -2.96. The van der Waals surface area contributed by atoms with Crippen LogP contribution < -0.4 is 5.46 Å². The van der Waals surface area contributed by atoms with Gasteiger partial charge in [-0.15, -0.1) is 0 Å². The van der Waals surface area contributed by atoms with Gasteiger partial charge in [-0.2, -0.15) is 0 Å². The van der Waals surface area contributed by atoms with Crippen LogP contribution >= 0.6 is 11.6 Å². The zero-order chi connectivity index (χ0) is 10.2. The van der Waals surface area contributed by atoms with Gasteiger partial charge in [0.25, 0.3) is 0 Å². The first-order valence-corrected chi connectivity index (χ1v) is 3.55. The van der Waals surface area contributed by atoms with Crippen LogP contribution in [0.1, 0.15) is 0 Å². The molecular formula is C6H2BClF5-. The Morgan fingerprint density at radius 2 is 1.62 bits per heavy atom. The van der Waals surface area contributed by atoms with Crippen LogP contribution in [0.2, 0.25) is 5.02 Å². The van der Waals surface area contributed by atoms with E-state index in [9.17, 15) is 21.7 Å². The quantitative estimate of drug-likeness (QED) is 0.384. The average molecular weight is 215 g/mol. The van der Waals surface area contributed by atoms with E-state index in [-0.39, 0.29) is 0 Å². The largest absolute Gasteiger partial charge is 0.512 e. The molecule has 0 N–H and O–H groups in total. The van der Waals surface area contributed by atoms with Crippen molar-refractivity contribution in [2.24, 2.45) is 0 Å². The van der Waals surface area contributed by atoms with Crippen LogP contribution in [0.15, 0.2) is 12.1 Å². The van der Waals surface area contributed by atoms with Crippen molar-refractivity contribution < 1.29 is 21.7 Å². The van der Waals surface area contributed by atoms with Crippen LogP contribution in [0.5, 0.6) is 0 Å². The number of halogens is 6. The summed E-state index contributed by atoms with van der Waals surface area (Å²) >= 11 is 4.95. The highest BCUT2D eigenvalue weighted by Gasteiger charge is 2.30. The molecule has 7 heteroatoms. The predicted molar refractivity (Wildman–Crippen MR) is 40.1 cm³/mol. The molecule has 0 unspecified atom stereocenters. The molecule has 72 valence electrons. The molecule has 0 fully saturated rings. The molecule has 0 nitrogen and oxygen atoms in total. The molecule has 0 radical (unpaired) electrons. The summed E-state index contributed by atoms with van der Waals surface area (Å²) < 4.78 is 61.1. The minimum Gasteiger partial charge on any atom is -0.445 e. The van der Waals surface area contributed by atoms with Gasteiger partial charge in [0.1, 0.15) is 16.7 Å². The van der Waals surface area contributed by atoms with Crippen LogP contribution in [-0.4, -0.2) is 6.98 Å². The second-order valence-electron chi connectivity index (χ2n) is 2.34. The fraction of sp³-hybridized carbons (Fsp3) is 0. The van der Waals surface area contributed by atoms with Crippen molar-refractivity contribution >= 4 is 24.0 Å². The fourth-order valence-electron chi connectivity index (χ4n) is 0.794. The van der Waals surface area contributed by atoms with E-state index in [1.807, 2.05) is 0 Å². The molecule has 0 aliphatic carbocycles. The molecule has 0 heterocycles. The number of hydrogen-bond acceptors (Lipinski definition) is 0. The van der Waals surface area contributed by atoms with Gasteiger partial charge in [-0.1, -0.05) is 23.1 Å². The molecule has 1 rings (SSSR count). The Morgan fingerprint density at radius 1 is 1.08 bits per heavy atom. The molecule has 13 heavy (non-hydrogen) atoms. The summed E-state index contributed by atoms with van der Waals surface area (Å²) in [7, 11) is 0. The number of hydrogen-bond donors (Lipinski definition) is 0. The van der Waals surface area contributed by atoms with Crippen molar-refractivity contribution in [3.63, 3.8) is 0 Å². The molecule has 0 aliphatic heterocycles.